The molecule has 1 unspecified atom stereocenters. The lowest BCUT2D eigenvalue weighted by Crippen LogP contribution is -2.32. The van der Waals surface area contributed by atoms with Crippen molar-refractivity contribution in [3.63, 3.8) is 0 Å². The lowest BCUT2D eigenvalue weighted by molar-refractivity contribution is 0.322. The third-order valence-electron chi connectivity index (χ3n) is 3.77. The van der Waals surface area contributed by atoms with Gasteiger partial charge in [-0.3, -0.25) is 0 Å². The van der Waals surface area contributed by atoms with E-state index in [1.54, 1.807) is 11.8 Å². The molecule has 0 aliphatic carbocycles. The fraction of sp³-hybridized carbons (Fsp3) is 0.533. The fourth-order valence-corrected chi connectivity index (χ4v) is 3.81. The van der Waals surface area contributed by atoms with Crippen LogP contribution in [0.15, 0.2) is 23.1 Å². The van der Waals surface area contributed by atoms with Crippen LogP contribution in [0.1, 0.15) is 25.3 Å². The highest BCUT2D eigenvalue weighted by Crippen LogP contribution is 2.29. The highest BCUT2D eigenvalue weighted by molar-refractivity contribution is 7.99. The Morgan fingerprint density at radius 2 is 2.35 bits per heavy atom. The van der Waals surface area contributed by atoms with E-state index in [0.29, 0.717) is 11.0 Å². The second-order valence-corrected chi connectivity index (χ2v) is 6.88. The van der Waals surface area contributed by atoms with E-state index >= 15 is 0 Å². The Morgan fingerprint density at radius 1 is 1.55 bits per heavy atom. The lowest BCUT2D eigenvalue weighted by Gasteiger charge is -2.22. The van der Waals surface area contributed by atoms with Crippen LogP contribution in [-0.4, -0.2) is 41.8 Å². The maximum absolute atomic E-state index is 5.92. The summed E-state index contributed by atoms with van der Waals surface area (Å²) in [4.78, 5) is 4.06. The van der Waals surface area contributed by atoms with Crippen molar-refractivity contribution in [2.24, 2.45) is 5.73 Å². The lowest BCUT2D eigenvalue weighted by atomic mass is 10.1. The molecule has 1 atom stereocenters. The van der Waals surface area contributed by atoms with E-state index in [1.165, 1.54) is 24.3 Å². The van der Waals surface area contributed by atoms with Crippen molar-refractivity contribution in [2.45, 2.75) is 30.7 Å². The van der Waals surface area contributed by atoms with Gasteiger partial charge in [-0.1, -0.05) is 25.2 Å². The number of likely N-dealkylation sites (tertiary alicyclic amines) is 1. The molecule has 1 aromatic carbocycles. The zero-order chi connectivity index (χ0) is 14.5. The van der Waals surface area contributed by atoms with E-state index < -0.39 is 0 Å². The average molecular weight is 310 g/mol. The van der Waals surface area contributed by atoms with Crippen LogP contribution in [0, 0.1) is 0 Å². The van der Waals surface area contributed by atoms with Gasteiger partial charge in [0.25, 0.3) is 0 Å². The Hall–Kier alpha value is -0.780. The molecule has 0 saturated carbocycles. The van der Waals surface area contributed by atoms with E-state index in [2.05, 4.69) is 42.4 Å². The predicted molar refractivity (Wildman–Crippen MR) is 92.9 cm³/mol. The SMILES string of the molecule is CCSc1cccc(NCC2CCCN2C)c1C(N)=S. The molecule has 0 aromatic heterocycles. The molecule has 5 heteroatoms. The zero-order valence-electron chi connectivity index (χ0n) is 12.2. The fourth-order valence-electron chi connectivity index (χ4n) is 2.67. The van der Waals surface area contributed by atoms with Gasteiger partial charge in [0.1, 0.15) is 4.99 Å². The molecule has 20 heavy (non-hydrogen) atoms. The molecule has 2 rings (SSSR count). The topological polar surface area (TPSA) is 41.3 Å². The second-order valence-electron chi connectivity index (χ2n) is 5.13. The van der Waals surface area contributed by atoms with Gasteiger partial charge in [-0.2, -0.15) is 0 Å². The standard InChI is InChI=1S/C15H23N3S2/c1-3-20-13-8-4-7-12(14(13)15(16)19)17-10-11-6-5-9-18(11)2/h4,7-8,11,17H,3,5-6,9-10H2,1-2H3,(H2,16,19). The Balaban J connectivity index is 2.13. The number of nitrogens with one attached hydrogen (secondary N) is 1. The summed E-state index contributed by atoms with van der Waals surface area (Å²) < 4.78 is 0. The summed E-state index contributed by atoms with van der Waals surface area (Å²) >= 11 is 7.02. The molecule has 0 radical (unpaired) electrons. The minimum atomic E-state index is 0.476. The van der Waals surface area contributed by atoms with Crippen LogP contribution in [0.4, 0.5) is 5.69 Å². The van der Waals surface area contributed by atoms with Crippen molar-refractivity contribution < 1.29 is 0 Å². The quantitative estimate of drug-likeness (QED) is 0.624. The predicted octanol–water partition coefficient (Wildman–Crippen LogP) is 2.94. The van der Waals surface area contributed by atoms with Gasteiger partial charge in [0.2, 0.25) is 0 Å². The summed E-state index contributed by atoms with van der Waals surface area (Å²) in [6.45, 7) is 4.29. The molecular weight excluding hydrogens is 286 g/mol. The monoisotopic (exact) mass is 309 g/mol. The Bertz CT molecular complexity index is 476. The summed E-state index contributed by atoms with van der Waals surface area (Å²) in [6.07, 6.45) is 2.55. The van der Waals surface area contributed by atoms with Crippen molar-refractivity contribution in [1.29, 1.82) is 0 Å². The van der Waals surface area contributed by atoms with Gasteiger partial charge in [0.15, 0.2) is 0 Å². The first-order valence-corrected chi connectivity index (χ1v) is 8.52. The Kier molecular flexibility index (Phi) is 5.69. The summed E-state index contributed by atoms with van der Waals surface area (Å²) in [7, 11) is 2.19. The highest BCUT2D eigenvalue weighted by atomic mass is 32.2. The number of thiocarbonyl (C=S) groups is 1. The van der Waals surface area contributed by atoms with Gasteiger partial charge in [-0.25, -0.2) is 0 Å². The summed E-state index contributed by atoms with van der Waals surface area (Å²) in [5.74, 6) is 1.02. The van der Waals surface area contributed by atoms with E-state index in [4.69, 9.17) is 18.0 Å². The third-order valence-corrected chi connectivity index (χ3v) is 4.92. The summed E-state index contributed by atoms with van der Waals surface area (Å²) in [5.41, 5.74) is 7.99. The van der Waals surface area contributed by atoms with Gasteiger partial charge in [-0.15, -0.1) is 11.8 Å². The average Bonchev–Trinajstić information content (AvgIpc) is 2.82. The molecule has 1 aliphatic heterocycles. The number of nitrogens with two attached hydrogens (primary N) is 1. The molecule has 1 aromatic rings. The number of hydrogen-bond donors (Lipinski definition) is 2. The van der Waals surface area contributed by atoms with Crippen molar-refractivity contribution in [1.82, 2.24) is 4.90 Å². The molecule has 1 aliphatic rings. The van der Waals surface area contributed by atoms with Gasteiger partial charge in [0, 0.05) is 28.7 Å². The molecule has 1 saturated heterocycles. The molecule has 3 N–H and O–H groups in total. The largest absolute Gasteiger partial charge is 0.389 e. The summed E-state index contributed by atoms with van der Waals surface area (Å²) in [6, 6.07) is 6.84. The minimum absolute atomic E-state index is 0.476. The Morgan fingerprint density at radius 3 is 2.95 bits per heavy atom. The van der Waals surface area contributed by atoms with Crippen LogP contribution >= 0.6 is 24.0 Å². The number of anilines is 1. The number of rotatable bonds is 6. The summed E-state index contributed by atoms with van der Waals surface area (Å²) in [5, 5.41) is 3.54. The molecule has 0 amide bonds. The molecule has 1 heterocycles. The smallest absolute Gasteiger partial charge is 0.107 e. The van der Waals surface area contributed by atoms with Crippen molar-refractivity contribution in [2.75, 3.05) is 31.2 Å². The van der Waals surface area contributed by atoms with E-state index in [0.717, 1.165) is 23.5 Å². The number of benzene rings is 1. The molecule has 0 spiro atoms. The van der Waals surface area contributed by atoms with Crippen LogP contribution in [-0.2, 0) is 0 Å². The van der Waals surface area contributed by atoms with E-state index in [1.807, 2.05) is 0 Å². The van der Waals surface area contributed by atoms with E-state index in [9.17, 15) is 0 Å². The van der Waals surface area contributed by atoms with Crippen LogP contribution in [0.5, 0.6) is 0 Å². The maximum Gasteiger partial charge on any atom is 0.107 e. The van der Waals surface area contributed by atoms with Crippen molar-refractivity contribution >= 4 is 34.7 Å². The molecular formula is C15H23N3S2. The first kappa shape index (κ1) is 15.6. The number of nitrogens with zero attached hydrogens (tertiary/aromatic N) is 1. The maximum atomic E-state index is 5.92. The molecule has 110 valence electrons. The number of hydrogen-bond acceptors (Lipinski definition) is 4. The van der Waals surface area contributed by atoms with E-state index in [-0.39, 0.29) is 0 Å². The van der Waals surface area contributed by atoms with Crippen molar-refractivity contribution in [3.05, 3.63) is 23.8 Å². The Labute approximate surface area is 131 Å². The van der Waals surface area contributed by atoms with Gasteiger partial charge in [0.05, 0.1) is 0 Å². The van der Waals surface area contributed by atoms with Crippen LogP contribution in [0.2, 0.25) is 0 Å². The van der Waals surface area contributed by atoms with Crippen LogP contribution in [0.3, 0.4) is 0 Å². The second kappa shape index (κ2) is 7.29. The van der Waals surface area contributed by atoms with Crippen LogP contribution < -0.4 is 11.1 Å². The highest BCUT2D eigenvalue weighted by Gasteiger charge is 2.21. The third kappa shape index (κ3) is 3.65. The van der Waals surface area contributed by atoms with Crippen molar-refractivity contribution in [3.8, 4) is 0 Å². The van der Waals surface area contributed by atoms with Gasteiger partial charge < -0.3 is 16.0 Å². The number of thioether (sulfide) groups is 1. The first-order chi connectivity index (χ1) is 9.63. The minimum Gasteiger partial charge on any atom is -0.389 e. The molecule has 3 nitrogen and oxygen atoms in total. The normalized spacial score (nSPS) is 19.2. The first-order valence-electron chi connectivity index (χ1n) is 7.13. The van der Waals surface area contributed by atoms with Crippen LogP contribution in [0.25, 0.3) is 0 Å². The van der Waals surface area contributed by atoms with Gasteiger partial charge in [-0.05, 0) is 44.3 Å². The molecule has 0 bridgehead atoms. The zero-order valence-corrected chi connectivity index (χ0v) is 13.8. The van der Waals surface area contributed by atoms with Gasteiger partial charge >= 0.3 is 0 Å². The molecule has 1 fully saturated rings. The number of likely N-dealkylation sites (N-methyl/N-ethyl adjacent to an activating group) is 1.